The molecule has 1 spiro atoms. The molecule has 3 aliphatic rings. The molecule has 1 saturated heterocycles. The number of ether oxygens (including phenoxy) is 1. The molecule has 0 aromatic heterocycles. The predicted octanol–water partition coefficient (Wildman–Crippen LogP) is 1.71. The van der Waals surface area contributed by atoms with Crippen LogP contribution in [-0.2, 0) is 14.3 Å². The first-order chi connectivity index (χ1) is 12.6. The lowest BCUT2D eigenvalue weighted by Crippen LogP contribution is -2.46. The smallest absolute Gasteiger partial charge is 0.335 e. The van der Waals surface area contributed by atoms with E-state index in [-0.39, 0.29) is 11.9 Å². The number of carbonyl (C=O) groups excluding carboxylic acids is 2. The zero-order valence-corrected chi connectivity index (χ0v) is 16.3. The number of nitrogens with zero attached hydrogens (tertiary/aromatic N) is 2. The van der Waals surface area contributed by atoms with Gasteiger partial charge in [-0.2, -0.15) is 0 Å². The van der Waals surface area contributed by atoms with E-state index >= 15 is 0 Å². The van der Waals surface area contributed by atoms with Gasteiger partial charge in [0.15, 0.2) is 0 Å². The van der Waals surface area contributed by atoms with Crippen LogP contribution in [0.5, 0.6) is 0 Å². The molecule has 0 bridgehead atoms. The zero-order valence-electron chi connectivity index (χ0n) is 16.3. The Hall–Kier alpha value is -1.40. The Balaban J connectivity index is 1.47. The van der Waals surface area contributed by atoms with Gasteiger partial charge in [-0.25, -0.2) is 4.79 Å². The van der Waals surface area contributed by atoms with Crippen molar-refractivity contribution >= 4 is 11.9 Å². The van der Waals surface area contributed by atoms with Crippen molar-refractivity contribution in [2.45, 2.75) is 58.0 Å². The SMILES string of the molecule is CCN1CCN(CCCNC(=O)C2=C(C)C(=O)OC23CCCCC3)CC1. The van der Waals surface area contributed by atoms with Gasteiger partial charge in [-0.3, -0.25) is 4.79 Å². The van der Waals surface area contributed by atoms with Crippen LogP contribution in [0.2, 0.25) is 0 Å². The minimum atomic E-state index is -0.653. The predicted molar refractivity (Wildman–Crippen MR) is 101 cm³/mol. The molecule has 3 rings (SSSR count). The van der Waals surface area contributed by atoms with Crippen molar-refractivity contribution in [2.24, 2.45) is 0 Å². The molecule has 0 radical (unpaired) electrons. The standard InChI is InChI=1S/C20H33N3O3/c1-3-22-12-14-23(15-13-22)11-7-10-21-18(24)17-16(2)19(25)26-20(17)8-5-4-6-9-20/h3-15H2,1-2H3,(H,21,24). The Labute approximate surface area is 156 Å². The average Bonchev–Trinajstić information content (AvgIpc) is 2.89. The Morgan fingerprint density at radius 3 is 2.42 bits per heavy atom. The number of piperazine rings is 1. The minimum Gasteiger partial charge on any atom is -0.451 e. The van der Waals surface area contributed by atoms with Crippen molar-refractivity contribution in [1.82, 2.24) is 15.1 Å². The molecule has 1 saturated carbocycles. The Bertz CT molecular complexity index is 559. The van der Waals surface area contributed by atoms with Gasteiger partial charge in [0.2, 0.25) is 0 Å². The highest BCUT2D eigenvalue weighted by atomic mass is 16.6. The third kappa shape index (κ3) is 4.12. The maximum absolute atomic E-state index is 12.8. The van der Waals surface area contributed by atoms with E-state index < -0.39 is 5.60 Å². The molecule has 2 aliphatic heterocycles. The number of hydrogen-bond donors (Lipinski definition) is 1. The van der Waals surface area contributed by atoms with E-state index in [1.165, 1.54) is 0 Å². The van der Waals surface area contributed by atoms with Crippen molar-refractivity contribution in [1.29, 1.82) is 0 Å². The number of esters is 1. The number of amides is 1. The van der Waals surface area contributed by atoms with E-state index in [1.54, 1.807) is 6.92 Å². The monoisotopic (exact) mass is 363 g/mol. The fourth-order valence-corrected chi connectivity index (χ4v) is 4.52. The Kier molecular flexibility index (Phi) is 6.35. The molecule has 26 heavy (non-hydrogen) atoms. The van der Waals surface area contributed by atoms with E-state index in [1.807, 2.05) is 0 Å². The van der Waals surface area contributed by atoms with E-state index in [0.717, 1.165) is 77.8 Å². The molecule has 2 heterocycles. The van der Waals surface area contributed by atoms with Crippen LogP contribution in [-0.4, -0.2) is 73.1 Å². The first kappa shape index (κ1) is 19.4. The minimum absolute atomic E-state index is 0.106. The van der Waals surface area contributed by atoms with Crippen LogP contribution in [0.3, 0.4) is 0 Å². The summed E-state index contributed by atoms with van der Waals surface area (Å²) in [6.07, 6.45) is 5.67. The zero-order chi connectivity index (χ0) is 18.6. The molecule has 146 valence electrons. The fourth-order valence-electron chi connectivity index (χ4n) is 4.52. The molecule has 1 N–H and O–H groups in total. The lowest BCUT2D eigenvalue weighted by molar-refractivity contribution is -0.149. The summed E-state index contributed by atoms with van der Waals surface area (Å²) in [7, 11) is 0. The number of carbonyl (C=O) groups is 2. The molecule has 0 aromatic rings. The highest BCUT2D eigenvalue weighted by Crippen LogP contribution is 2.43. The van der Waals surface area contributed by atoms with Crippen LogP contribution in [0, 0.1) is 0 Å². The average molecular weight is 364 g/mol. The summed E-state index contributed by atoms with van der Waals surface area (Å²) in [6.45, 7) is 11.2. The molecular weight excluding hydrogens is 330 g/mol. The van der Waals surface area contributed by atoms with Gasteiger partial charge in [-0.05, 0) is 52.1 Å². The first-order valence-electron chi connectivity index (χ1n) is 10.2. The van der Waals surface area contributed by atoms with Crippen LogP contribution >= 0.6 is 0 Å². The first-order valence-corrected chi connectivity index (χ1v) is 10.2. The normalized spacial score (nSPS) is 24.2. The summed E-state index contributed by atoms with van der Waals surface area (Å²) in [5.41, 5.74) is 0.443. The molecular formula is C20H33N3O3. The molecule has 6 heteroatoms. The van der Waals surface area contributed by atoms with Crippen LogP contribution in [0.4, 0.5) is 0 Å². The van der Waals surface area contributed by atoms with Gasteiger partial charge in [0.1, 0.15) is 5.60 Å². The molecule has 0 atom stereocenters. The van der Waals surface area contributed by atoms with Gasteiger partial charge in [0, 0.05) is 38.3 Å². The highest BCUT2D eigenvalue weighted by Gasteiger charge is 2.49. The highest BCUT2D eigenvalue weighted by molar-refractivity contribution is 6.07. The van der Waals surface area contributed by atoms with Gasteiger partial charge < -0.3 is 19.9 Å². The van der Waals surface area contributed by atoms with Crippen LogP contribution in [0.1, 0.15) is 52.4 Å². The van der Waals surface area contributed by atoms with Gasteiger partial charge in [-0.1, -0.05) is 13.3 Å². The maximum Gasteiger partial charge on any atom is 0.335 e. The molecule has 6 nitrogen and oxygen atoms in total. The molecule has 0 unspecified atom stereocenters. The van der Waals surface area contributed by atoms with Crippen LogP contribution < -0.4 is 5.32 Å². The molecule has 1 aliphatic carbocycles. The second kappa shape index (κ2) is 8.53. The molecule has 2 fully saturated rings. The van der Waals surface area contributed by atoms with E-state index in [4.69, 9.17) is 4.74 Å². The number of rotatable bonds is 6. The Morgan fingerprint density at radius 2 is 1.77 bits per heavy atom. The summed E-state index contributed by atoms with van der Waals surface area (Å²) in [5, 5.41) is 3.04. The quantitative estimate of drug-likeness (QED) is 0.575. The Morgan fingerprint density at radius 1 is 1.12 bits per heavy atom. The topological polar surface area (TPSA) is 61.9 Å². The van der Waals surface area contributed by atoms with Crippen molar-refractivity contribution in [2.75, 3.05) is 45.8 Å². The van der Waals surface area contributed by atoms with Crippen LogP contribution in [0.25, 0.3) is 0 Å². The largest absolute Gasteiger partial charge is 0.451 e. The molecule has 1 amide bonds. The van der Waals surface area contributed by atoms with Crippen molar-refractivity contribution in [3.8, 4) is 0 Å². The second-order valence-corrected chi connectivity index (χ2v) is 7.83. The third-order valence-electron chi connectivity index (χ3n) is 6.16. The summed E-state index contributed by atoms with van der Waals surface area (Å²) in [6, 6.07) is 0. The van der Waals surface area contributed by atoms with E-state index in [0.29, 0.717) is 17.7 Å². The summed E-state index contributed by atoms with van der Waals surface area (Å²) >= 11 is 0. The second-order valence-electron chi connectivity index (χ2n) is 7.83. The van der Waals surface area contributed by atoms with E-state index in [2.05, 4.69) is 22.0 Å². The number of hydrogen-bond acceptors (Lipinski definition) is 5. The van der Waals surface area contributed by atoms with Gasteiger partial charge in [0.25, 0.3) is 5.91 Å². The van der Waals surface area contributed by atoms with Gasteiger partial charge in [0.05, 0.1) is 5.57 Å². The maximum atomic E-state index is 12.8. The summed E-state index contributed by atoms with van der Waals surface area (Å²) in [4.78, 5) is 29.8. The number of nitrogens with one attached hydrogen (secondary N) is 1. The molecule has 0 aromatic carbocycles. The van der Waals surface area contributed by atoms with E-state index in [9.17, 15) is 9.59 Å². The van der Waals surface area contributed by atoms with Crippen molar-refractivity contribution in [3.05, 3.63) is 11.1 Å². The van der Waals surface area contributed by atoms with Gasteiger partial charge in [-0.15, -0.1) is 0 Å². The lowest BCUT2D eigenvalue weighted by Gasteiger charge is -2.34. The number of likely N-dealkylation sites (N-methyl/N-ethyl adjacent to an activating group) is 1. The third-order valence-corrected chi connectivity index (χ3v) is 6.16. The van der Waals surface area contributed by atoms with Crippen LogP contribution in [0.15, 0.2) is 11.1 Å². The van der Waals surface area contributed by atoms with Gasteiger partial charge >= 0.3 is 5.97 Å². The van der Waals surface area contributed by atoms with Crippen molar-refractivity contribution in [3.63, 3.8) is 0 Å². The summed E-state index contributed by atoms with van der Waals surface area (Å²) < 4.78 is 5.67. The van der Waals surface area contributed by atoms with Crippen molar-refractivity contribution < 1.29 is 14.3 Å². The summed E-state index contributed by atoms with van der Waals surface area (Å²) in [5.74, 6) is -0.420. The fraction of sp³-hybridized carbons (Fsp3) is 0.800. The lowest BCUT2D eigenvalue weighted by atomic mass is 9.78.